The van der Waals surface area contributed by atoms with Gasteiger partial charge in [-0.3, -0.25) is 0 Å². The number of anilines is 1. The summed E-state index contributed by atoms with van der Waals surface area (Å²) in [5.41, 5.74) is 6.82. The van der Waals surface area contributed by atoms with Gasteiger partial charge in [0.05, 0.1) is 27.4 Å². The first-order chi connectivity index (χ1) is 11.1. The second-order valence-corrected chi connectivity index (χ2v) is 5.64. The quantitative estimate of drug-likeness (QED) is 0.930. The average molecular weight is 318 g/mol. The Bertz CT molecular complexity index is 714. The van der Waals surface area contributed by atoms with E-state index in [0.717, 1.165) is 24.2 Å². The molecule has 1 aromatic heterocycles. The number of nitrogens with two attached hydrogens (primary N) is 1. The highest BCUT2D eigenvalue weighted by atomic mass is 16.5. The number of aromatic nitrogens is 3. The Hall–Kier alpha value is -2.44. The summed E-state index contributed by atoms with van der Waals surface area (Å²) in [6, 6.07) is 4.08. The van der Waals surface area contributed by atoms with Crippen LogP contribution in [0.2, 0.25) is 0 Å². The molecular formula is C16H22N4O3. The number of rotatable bonds is 4. The molecule has 0 fully saturated rings. The van der Waals surface area contributed by atoms with Gasteiger partial charge in [0.1, 0.15) is 5.82 Å². The molecule has 2 aromatic rings. The molecule has 1 aromatic carbocycles. The van der Waals surface area contributed by atoms with Gasteiger partial charge in [-0.05, 0) is 19.4 Å². The van der Waals surface area contributed by atoms with Crippen LogP contribution in [0.15, 0.2) is 12.1 Å². The van der Waals surface area contributed by atoms with Crippen molar-refractivity contribution in [1.29, 1.82) is 0 Å². The van der Waals surface area contributed by atoms with Crippen molar-refractivity contribution in [2.24, 2.45) is 0 Å². The Morgan fingerprint density at radius 1 is 1.13 bits per heavy atom. The highest BCUT2D eigenvalue weighted by Crippen LogP contribution is 2.47. The van der Waals surface area contributed by atoms with Crippen molar-refractivity contribution in [2.45, 2.75) is 31.7 Å². The standard InChI is InChI=1S/C16H22N4O3/c1-9-10(6-8-13-18-16(17)19-20(9)13)11-5-7-12(21-2)15(23-4)14(11)22-3/h5,7,9-10H,6,8H2,1-4H3,(H2,17,19). The van der Waals surface area contributed by atoms with E-state index in [0.29, 0.717) is 23.2 Å². The molecule has 1 aliphatic rings. The fourth-order valence-electron chi connectivity index (χ4n) is 3.40. The summed E-state index contributed by atoms with van der Waals surface area (Å²) in [6.45, 7) is 2.12. The lowest BCUT2D eigenvalue weighted by Crippen LogP contribution is -2.25. The summed E-state index contributed by atoms with van der Waals surface area (Å²) in [5, 5.41) is 4.33. The summed E-state index contributed by atoms with van der Waals surface area (Å²) in [5.74, 6) is 3.47. The molecule has 2 atom stereocenters. The first-order valence-electron chi connectivity index (χ1n) is 7.60. The number of hydrogen-bond acceptors (Lipinski definition) is 6. The van der Waals surface area contributed by atoms with Gasteiger partial charge in [-0.1, -0.05) is 6.07 Å². The fraction of sp³-hybridized carbons (Fsp3) is 0.500. The lowest BCUT2D eigenvalue weighted by molar-refractivity contribution is 0.303. The molecule has 0 aliphatic carbocycles. The molecule has 2 N–H and O–H groups in total. The van der Waals surface area contributed by atoms with Gasteiger partial charge in [0.15, 0.2) is 11.5 Å². The molecule has 0 radical (unpaired) electrons. The first-order valence-corrected chi connectivity index (χ1v) is 7.60. The molecule has 0 saturated carbocycles. The number of hydrogen-bond donors (Lipinski definition) is 1. The second-order valence-electron chi connectivity index (χ2n) is 5.64. The van der Waals surface area contributed by atoms with E-state index in [9.17, 15) is 0 Å². The van der Waals surface area contributed by atoms with Crippen molar-refractivity contribution in [3.8, 4) is 17.2 Å². The third kappa shape index (κ3) is 2.46. The molecule has 3 rings (SSSR count). The van der Waals surface area contributed by atoms with Gasteiger partial charge in [0.2, 0.25) is 11.7 Å². The second kappa shape index (κ2) is 5.98. The molecule has 0 saturated heterocycles. The number of benzene rings is 1. The molecule has 0 amide bonds. The summed E-state index contributed by atoms with van der Waals surface area (Å²) in [7, 11) is 4.88. The minimum absolute atomic E-state index is 0.135. The van der Waals surface area contributed by atoms with E-state index in [1.54, 1.807) is 21.3 Å². The minimum atomic E-state index is 0.135. The lowest BCUT2D eigenvalue weighted by Gasteiger charge is -2.31. The maximum Gasteiger partial charge on any atom is 0.239 e. The van der Waals surface area contributed by atoms with Crippen molar-refractivity contribution >= 4 is 5.95 Å². The number of fused-ring (bicyclic) bond motifs is 1. The summed E-state index contributed by atoms with van der Waals surface area (Å²) >= 11 is 0. The molecule has 23 heavy (non-hydrogen) atoms. The molecule has 7 nitrogen and oxygen atoms in total. The Balaban J connectivity index is 2.05. The van der Waals surface area contributed by atoms with E-state index in [1.807, 2.05) is 16.8 Å². The van der Waals surface area contributed by atoms with E-state index in [2.05, 4.69) is 17.0 Å². The van der Waals surface area contributed by atoms with Gasteiger partial charge in [-0.25, -0.2) is 4.68 Å². The van der Waals surface area contributed by atoms with Crippen molar-refractivity contribution in [1.82, 2.24) is 14.8 Å². The van der Waals surface area contributed by atoms with Gasteiger partial charge >= 0.3 is 0 Å². The van der Waals surface area contributed by atoms with Gasteiger partial charge < -0.3 is 19.9 Å². The monoisotopic (exact) mass is 318 g/mol. The zero-order valence-corrected chi connectivity index (χ0v) is 13.9. The molecule has 7 heteroatoms. The van der Waals surface area contributed by atoms with E-state index >= 15 is 0 Å². The number of nitrogen functional groups attached to an aromatic ring is 1. The first kappa shape index (κ1) is 15.5. The molecule has 2 unspecified atom stereocenters. The van der Waals surface area contributed by atoms with Crippen LogP contribution in [0.25, 0.3) is 0 Å². The molecule has 2 heterocycles. The van der Waals surface area contributed by atoms with E-state index in [-0.39, 0.29) is 12.0 Å². The van der Waals surface area contributed by atoms with Crippen LogP contribution in [0, 0.1) is 0 Å². The van der Waals surface area contributed by atoms with Gasteiger partial charge in [-0.2, -0.15) is 4.98 Å². The number of methoxy groups -OCH3 is 3. The van der Waals surface area contributed by atoms with Crippen LogP contribution in [0.4, 0.5) is 5.95 Å². The lowest BCUT2D eigenvalue weighted by atomic mass is 9.85. The van der Waals surface area contributed by atoms with Crippen LogP contribution >= 0.6 is 0 Å². The predicted molar refractivity (Wildman–Crippen MR) is 86.3 cm³/mol. The molecule has 1 aliphatic heterocycles. The SMILES string of the molecule is COc1ccc(C2CCc3nc(N)nn3C2C)c(OC)c1OC. The topological polar surface area (TPSA) is 84.4 Å². The fourth-order valence-corrected chi connectivity index (χ4v) is 3.40. The van der Waals surface area contributed by atoms with Gasteiger partial charge in [0.25, 0.3) is 0 Å². The Morgan fingerprint density at radius 3 is 2.52 bits per heavy atom. The zero-order chi connectivity index (χ0) is 16.6. The molecular weight excluding hydrogens is 296 g/mol. The maximum absolute atomic E-state index is 5.74. The van der Waals surface area contributed by atoms with Crippen molar-refractivity contribution in [3.63, 3.8) is 0 Å². The largest absolute Gasteiger partial charge is 0.493 e. The van der Waals surface area contributed by atoms with Crippen LogP contribution in [0.1, 0.15) is 36.7 Å². The smallest absolute Gasteiger partial charge is 0.239 e. The normalized spacial score (nSPS) is 20.0. The predicted octanol–water partition coefficient (Wildman–Crippen LogP) is 2.18. The Morgan fingerprint density at radius 2 is 1.87 bits per heavy atom. The van der Waals surface area contributed by atoms with Crippen LogP contribution in [-0.4, -0.2) is 36.1 Å². The number of ether oxygens (including phenoxy) is 3. The maximum atomic E-state index is 5.74. The zero-order valence-electron chi connectivity index (χ0n) is 13.9. The van der Waals surface area contributed by atoms with E-state index < -0.39 is 0 Å². The number of aryl methyl sites for hydroxylation is 1. The Labute approximate surface area is 135 Å². The highest BCUT2D eigenvalue weighted by Gasteiger charge is 2.32. The van der Waals surface area contributed by atoms with E-state index in [1.165, 1.54) is 0 Å². The summed E-state index contributed by atoms with van der Waals surface area (Å²) in [6.07, 6.45) is 1.78. The Kier molecular flexibility index (Phi) is 4.02. The van der Waals surface area contributed by atoms with Gasteiger partial charge in [0, 0.05) is 17.9 Å². The highest BCUT2D eigenvalue weighted by molar-refractivity contribution is 5.57. The van der Waals surface area contributed by atoms with Crippen molar-refractivity contribution in [2.75, 3.05) is 27.1 Å². The third-order valence-corrected chi connectivity index (χ3v) is 4.50. The van der Waals surface area contributed by atoms with Crippen molar-refractivity contribution in [3.05, 3.63) is 23.5 Å². The minimum Gasteiger partial charge on any atom is -0.493 e. The van der Waals surface area contributed by atoms with Crippen molar-refractivity contribution < 1.29 is 14.2 Å². The average Bonchev–Trinajstić information content (AvgIpc) is 2.95. The van der Waals surface area contributed by atoms with Crippen LogP contribution in [-0.2, 0) is 6.42 Å². The van der Waals surface area contributed by atoms with Crippen LogP contribution in [0.3, 0.4) is 0 Å². The summed E-state index contributed by atoms with van der Waals surface area (Å²) < 4.78 is 18.4. The third-order valence-electron chi connectivity index (χ3n) is 4.50. The summed E-state index contributed by atoms with van der Waals surface area (Å²) in [4.78, 5) is 4.29. The molecule has 0 bridgehead atoms. The van der Waals surface area contributed by atoms with Gasteiger partial charge in [-0.15, -0.1) is 5.10 Å². The van der Waals surface area contributed by atoms with E-state index in [4.69, 9.17) is 19.9 Å². The van der Waals surface area contributed by atoms with Crippen LogP contribution < -0.4 is 19.9 Å². The van der Waals surface area contributed by atoms with Crippen LogP contribution in [0.5, 0.6) is 17.2 Å². The number of nitrogens with zero attached hydrogens (tertiary/aromatic N) is 3. The molecule has 124 valence electrons. The molecule has 0 spiro atoms.